The van der Waals surface area contributed by atoms with Gasteiger partial charge in [-0.3, -0.25) is 9.67 Å². The van der Waals surface area contributed by atoms with Crippen molar-refractivity contribution in [3.05, 3.63) is 17.5 Å². The van der Waals surface area contributed by atoms with Gasteiger partial charge in [0.2, 0.25) is 0 Å². The van der Waals surface area contributed by atoms with Crippen molar-refractivity contribution in [3.63, 3.8) is 0 Å². The van der Waals surface area contributed by atoms with Gasteiger partial charge in [-0.15, -0.1) is 24.0 Å². The van der Waals surface area contributed by atoms with Gasteiger partial charge in [0.25, 0.3) is 0 Å². The number of aromatic nitrogens is 2. The Balaban J connectivity index is 0.00000392. The lowest BCUT2D eigenvalue weighted by atomic mass is 10.1. The van der Waals surface area contributed by atoms with Gasteiger partial charge in [-0.25, -0.2) is 4.79 Å². The molecular weight excluding hydrogens is 492 g/mol. The SMILES string of the molecule is CCOC(=O)N1CCC(NC(=NC)NCc2cn(C)nc2C(F)(F)F)CC1.I. The summed E-state index contributed by atoms with van der Waals surface area (Å²) in [6.45, 7) is 3.14. The van der Waals surface area contributed by atoms with Crippen LogP contribution in [0.4, 0.5) is 18.0 Å². The van der Waals surface area contributed by atoms with Gasteiger partial charge in [0, 0.05) is 51.5 Å². The molecule has 12 heteroatoms. The molecule has 2 rings (SSSR count). The molecule has 2 heterocycles. The van der Waals surface area contributed by atoms with Crippen LogP contribution in [0.15, 0.2) is 11.2 Å². The van der Waals surface area contributed by atoms with Gasteiger partial charge in [0.15, 0.2) is 11.7 Å². The van der Waals surface area contributed by atoms with E-state index in [1.807, 2.05) is 0 Å². The summed E-state index contributed by atoms with van der Waals surface area (Å²) >= 11 is 0. The number of nitrogens with one attached hydrogen (secondary N) is 2. The molecule has 0 aromatic carbocycles. The van der Waals surface area contributed by atoms with Crippen molar-refractivity contribution >= 4 is 36.0 Å². The van der Waals surface area contributed by atoms with Crippen molar-refractivity contribution < 1.29 is 22.7 Å². The van der Waals surface area contributed by atoms with Gasteiger partial charge in [-0.2, -0.15) is 18.3 Å². The fraction of sp³-hybridized carbons (Fsp3) is 0.688. The summed E-state index contributed by atoms with van der Waals surface area (Å²) < 4.78 is 45.1. The highest BCUT2D eigenvalue weighted by atomic mass is 127. The molecule has 0 bridgehead atoms. The Morgan fingerprint density at radius 3 is 2.57 bits per heavy atom. The van der Waals surface area contributed by atoms with Gasteiger partial charge >= 0.3 is 12.3 Å². The van der Waals surface area contributed by atoms with Crippen LogP contribution in [-0.4, -0.2) is 59.5 Å². The van der Waals surface area contributed by atoms with E-state index < -0.39 is 11.9 Å². The molecule has 0 aliphatic carbocycles. The zero-order valence-corrected chi connectivity index (χ0v) is 18.4. The number of halogens is 4. The van der Waals surface area contributed by atoms with Crippen LogP contribution in [-0.2, 0) is 24.5 Å². The molecule has 160 valence electrons. The summed E-state index contributed by atoms with van der Waals surface area (Å²) in [5.41, 5.74) is -0.860. The Morgan fingerprint density at radius 2 is 2.04 bits per heavy atom. The second kappa shape index (κ2) is 10.7. The quantitative estimate of drug-likeness (QED) is 0.364. The lowest BCUT2D eigenvalue weighted by molar-refractivity contribution is -0.142. The van der Waals surface area contributed by atoms with Crippen molar-refractivity contribution in [3.8, 4) is 0 Å². The highest BCUT2D eigenvalue weighted by Crippen LogP contribution is 2.30. The van der Waals surface area contributed by atoms with Gasteiger partial charge in [0.05, 0.1) is 6.61 Å². The number of carbonyl (C=O) groups excluding carboxylic acids is 1. The second-order valence-corrected chi connectivity index (χ2v) is 6.20. The van der Waals surface area contributed by atoms with E-state index in [1.165, 1.54) is 13.2 Å². The van der Waals surface area contributed by atoms with E-state index >= 15 is 0 Å². The van der Waals surface area contributed by atoms with Crippen molar-refractivity contribution in [2.24, 2.45) is 12.0 Å². The molecule has 2 N–H and O–H groups in total. The molecule has 1 saturated heterocycles. The van der Waals surface area contributed by atoms with Crippen LogP contribution in [0, 0.1) is 0 Å². The number of likely N-dealkylation sites (tertiary alicyclic amines) is 1. The number of piperidine rings is 1. The predicted octanol–water partition coefficient (Wildman–Crippen LogP) is 2.34. The Bertz CT molecular complexity index is 672. The summed E-state index contributed by atoms with van der Waals surface area (Å²) in [6.07, 6.45) is -2.11. The normalized spacial score (nSPS) is 15.8. The second-order valence-electron chi connectivity index (χ2n) is 6.20. The maximum absolute atomic E-state index is 13.0. The number of rotatable bonds is 4. The topological polar surface area (TPSA) is 83.8 Å². The summed E-state index contributed by atoms with van der Waals surface area (Å²) in [5.74, 6) is 0.404. The van der Waals surface area contributed by atoms with Crippen LogP contribution in [0.1, 0.15) is 31.0 Å². The van der Waals surface area contributed by atoms with Crippen molar-refractivity contribution in [2.75, 3.05) is 26.7 Å². The van der Waals surface area contributed by atoms with Crippen LogP contribution < -0.4 is 10.6 Å². The van der Waals surface area contributed by atoms with Gasteiger partial charge < -0.3 is 20.3 Å². The van der Waals surface area contributed by atoms with E-state index in [9.17, 15) is 18.0 Å². The van der Waals surface area contributed by atoms with E-state index in [2.05, 4.69) is 20.7 Å². The number of alkyl halides is 3. The first kappa shape index (κ1) is 24.3. The molecule has 1 aromatic heterocycles. The predicted molar refractivity (Wildman–Crippen MR) is 109 cm³/mol. The van der Waals surface area contributed by atoms with Crippen LogP contribution in [0.2, 0.25) is 0 Å². The Labute approximate surface area is 178 Å². The summed E-state index contributed by atoms with van der Waals surface area (Å²) in [7, 11) is 3.00. The van der Waals surface area contributed by atoms with Crippen LogP contribution in [0.3, 0.4) is 0 Å². The monoisotopic (exact) mass is 518 g/mol. The summed E-state index contributed by atoms with van der Waals surface area (Å²) in [5, 5.41) is 9.56. The standard InChI is InChI=1S/C16H25F3N6O2.HI/c1-4-27-15(26)25-7-5-12(6-8-25)22-14(20-2)21-9-11-10-24(3)23-13(11)16(17,18)19;/h10,12H,4-9H2,1-3H3,(H2,20,21,22);1H. The Hall–Kier alpha value is -1.73. The minimum absolute atomic E-state index is 0. The zero-order valence-electron chi connectivity index (χ0n) is 16.0. The molecule has 1 aliphatic rings. The van der Waals surface area contributed by atoms with Crippen LogP contribution in [0.25, 0.3) is 0 Å². The number of hydrogen-bond donors (Lipinski definition) is 2. The van der Waals surface area contributed by atoms with Gasteiger partial charge in [0.1, 0.15) is 0 Å². The third-order valence-corrected chi connectivity index (χ3v) is 4.20. The lowest BCUT2D eigenvalue weighted by Gasteiger charge is -2.32. The number of carbonyl (C=O) groups is 1. The average Bonchev–Trinajstić information content (AvgIpc) is 3.00. The molecule has 1 fully saturated rings. The van der Waals surface area contributed by atoms with Crippen LogP contribution >= 0.6 is 24.0 Å². The van der Waals surface area contributed by atoms with Gasteiger partial charge in [-0.1, -0.05) is 0 Å². The van der Waals surface area contributed by atoms with E-state index in [-0.39, 0.29) is 48.2 Å². The van der Waals surface area contributed by atoms with E-state index in [4.69, 9.17) is 4.74 Å². The van der Waals surface area contributed by atoms with Gasteiger partial charge in [-0.05, 0) is 19.8 Å². The molecule has 0 spiro atoms. The Kier molecular flexibility index (Phi) is 9.30. The van der Waals surface area contributed by atoms with Crippen molar-refractivity contribution in [2.45, 2.75) is 38.5 Å². The van der Waals surface area contributed by atoms with Crippen LogP contribution in [0.5, 0.6) is 0 Å². The number of hydrogen-bond acceptors (Lipinski definition) is 4. The lowest BCUT2D eigenvalue weighted by Crippen LogP contribution is -2.49. The van der Waals surface area contributed by atoms with E-state index in [0.29, 0.717) is 38.5 Å². The fourth-order valence-corrected chi connectivity index (χ4v) is 2.89. The highest BCUT2D eigenvalue weighted by molar-refractivity contribution is 14.0. The third kappa shape index (κ3) is 6.71. The molecule has 1 aromatic rings. The number of guanidine groups is 1. The number of aryl methyl sites for hydroxylation is 1. The minimum atomic E-state index is -4.50. The van der Waals surface area contributed by atoms with Crippen molar-refractivity contribution in [1.29, 1.82) is 0 Å². The number of aliphatic imine (C=N–C) groups is 1. The molecule has 1 aliphatic heterocycles. The molecule has 0 radical (unpaired) electrons. The summed E-state index contributed by atoms with van der Waals surface area (Å²) in [6, 6.07) is 0.0675. The smallest absolute Gasteiger partial charge is 0.435 e. The average molecular weight is 518 g/mol. The summed E-state index contributed by atoms with van der Waals surface area (Å²) in [4.78, 5) is 17.4. The molecular formula is C16H26F3IN6O2. The number of ether oxygens (including phenoxy) is 1. The Morgan fingerprint density at radius 1 is 1.39 bits per heavy atom. The first-order chi connectivity index (χ1) is 12.7. The zero-order chi connectivity index (χ0) is 20.0. The first-order valence-electron chi connectivity index (χ1n) is 8.73. The maximum Gasteiger partial charge on any atom is 0.435 e. The molecule has 28 heavy (non-hydrogen) atoms. The molecule has 0 unspecified atom stereocenters. The molecule has 1 amide bonds. The fourth-order valence-electron chi connectivity index (χ4n) is 2.89. The molecule has 0 atom stereocenters. The van der Waals surface area contributed by atoms with E-state index in [1.54, 1.807) is 18.9 Å². The minimum Gasteiger partial charge on any atom is -0.450 e. The highest BCUT2D eigenvalue weighted by Gasteiger charge is 2.36. The van der Waals surface area contributed by atoms with Crippen molar-refractivity contribution in [1.82, 2.24) is 25.3 Å². The largest absolute Gasteiger partial charge is 0.450 e. The molecule has 0 saturated carbocycles. The van der Waals surface area contributed by atoms with E-state index in [0.717, 1.165) is 4.68 Å². The maximum atomic E-state index is 13.0. The third-order valence-electron chi connectivity index (χ3n) is 4.20. The molecule has 8 nitrogen and oxygen atoms in total. The first-order valence-corrected chi connectivity index (χ1v) is 8.73. The number of amides is 1. The number of nitrogens with zero attached hydrogens (tertiary/aromatic N) is 4.